The van der Waals surface area contributed by atoms with E-state index in [2.05, 4.69) is 10.0 Å². The van der Waals surface area contributed by atoms with E-state index in [1.807, 2.05) is 51.1 Å². The van der Waals surface area contributed by atoms with Crippen LogP contribution in [0, 0.1) is 0 Å². The molecule has 1 aliphatic rings. The molecule has 1 amide bonds. The van der Waals surface area contributed by atoms with Crippen LogP contribution in [0.15, 0.2) is 35.4 Å². The number of benzene rings is 1. The first-order valence-corrected chi connectivity index (χ1v) is 8.04. The highest BCUT2D eigenvalue weighted by Crippen LogP contribution is 2.24. The highest BCUT2D eigenvalue weighted by molar-refractivity contribution is 5.69. The van der Waals surface area contributed by atoms with Gasteiger partial charge in [0.05, 0.1) is 25.3 Å². The lowest BCUT2D eigenvalue weighted by atomic mass is 10.2. The van der Waals surface area contributed by atoms with Crippen molar-refractivity contribution in [1.82, 2.24) is 4.90 Å². The number of carbonyl (C=O) groups excluding carboxylic acids is 1. The molecule has 1 aliphatic heterocycles. The van der Waals surface area contributed by atoms with Gasteiger partial charge in [-0.2, -0.15) is 0 Å². The molecule has 0 N–H and O–H groups in total. The zero-order valence-corrected chi connectivity index (χ0v) is 14.4. The smallest absolute Gasteiger partial charge is 0.410 e. The minimum Gasteiger partial charge on any atom is -0.444 e. The van der Waals surface area contributed by atoms with Crippen LogP contribution in [0.3, 0.4) is 0 Å². The summed E-state index contributed by atoms with van der Waals surface area (Å²) in [7, 11) is 0. The van der Waals surface area contributed by atoms with Crippen LogP contribution in [0.1, 0.15) is 32.8 Å². The lowest BCUT2D eigenvalue weighted by Gasteiger charge is -2.28. The maximum absolute atomic E-state index is 12.4. The summed E-state index contributed by atoms with van der Waals surface area (Å²) in [5.74, 6) is 0. The Bertz CT molecular complexity index is 594. The van der Waals surface area contributed by atoms with Crippen LogP contribution in [0.25, 0.3) is 10.4 Å². The second kappa shape index (κ2) is 8.04. The molecule has 130 valence electrons. The van der Waals surface area contributed by atoms with E-state index in [0.717, 1.165) is 5.56 Å². The third kappa shape index (κ3) is 5.44. The first-order valence-electron chi connectivity index (χ1n) is 8.04. The number of carbonyl (C=O) groups is 1. The van der Waals surface area contributed by atoms with Crippen molar-refractivity contribution >= 4 is 6.09 Å². The summed E-state index contributed by atoms with van der Waals surface area (Å²) in [4.78, 5) is 16.8. The molecule has 7 nitrogen and oxygen atoms in total. The van der Waals surface area contributed by atoms with Gasteiger partial charge in [-0.1, -0.05) is 35.4 Å². The number of hydrogen-bond acceptors (Lipinski definition) is 4. The quantitative estimate of drug-likeness (QED) is 0.465. The average molecular weight is 332 g/mol. The molecule has 1 fully saturated rings. The zero-order valence-electron chi connectivity index (χ0n) is 14.4. The van der Waals surface area contributed by atoms with Gasteiger partial charge in [0, 0.05) is 11.5 Å². The average Bonchev–Trinajstić information content (AvgIpc) is 2.90. The van der Waals surface area contributed by atoms with Gasteiger partial charge in [-0.15, -0.1) is 0 Å². The Morgan fingerprint density at radius 3 is 2.71 bits per heavy atom. The van der Waals surface area contributed by atoms with Gasteiger partial charge in [-0.05, 0) is 38.3 Å². The van der Waals surface area contributed by atoms with Gasteiger partial charge in [0.2, 0.25) is 0 Å². The van der Waals surface area contributed by atoms with Gasteiger partial charge < -0.3 is 14.4 Å². The number of hydrogen-bond donors (Lipinski definition) is 0. The maximum Gasteiger partial charge on any atom is 0.410 e. The second-order valence-corrected chi connectivity index (χ2v) is 6.88. The molecule has 1 aromatic carbocycles. The van der Waals surface area contributed by atoms with Crippen molar-refractivity contribution in [3.63, 3.8) is 0 Å². The summed E-state index contributed by atoms with van der Waals surface area (Å²) in [5.41, 5.74) is 9.15. The monoisotopic (exact) mass is 332 g/mol. The van der Waals surface area contributed by atoms with Gasteiger partial charge in [0.1, 0.15) is 5.60 Å². The molecule has 0 bridgehead atoms. The van der Waals surface area contributed by atoms with E-state index in [-0.39, 0.29) is 12.1 Å². The van der Waals surface area contributed by atoms with Crippen LogP contribution in [0.5, 0.6) is 0 Å². The minimum absolute atomic E-state index is 0.154. The predicted octanol–water partition coefficient (Wildman–Crippen LogP) is 3.89. The standard InChI is InChI=1S/C17H24N4O3/c1-17(2,3)24-16(22)21-10-14(19-20-18)9-15(21)12-23-11-13-7-5-4-6-8-13/h4-8,14-15H,9-12H2,1-3H3/t14-,15+/m1/s1. The fraction of sp³-hybridized carbons (Fsp3) is 0.588. The number of rotatable bonds is 5. The fourth-order valence-corrected chi connectivity index (χ4v) is 2.64. The van der Waals surface area contributed by atoms with E-state index in [9.17, 15) is 4.79 Å². The van der Waals surface area contributed by atoms with Crippen LogP contribution < -0.4 is 0 Å². The van der Waals surface area contributed by atoms with Crippen LogP contribution in [0.4, 0.5) is 4.79 Å². The Labute approximate surface area is 142 Å². The largest absolute Gasteiger partial charge is 0.444 e. The van der Waals surface area contributed by atoms with E-state index in [1.165, 1.54) is 0 Å². The maximum atomic E-state index is 12.4. The van der Waals surface area contributed by atoms with Crippen molar-refractivity contribution in [3.05, 3.63) is 46.3 Å². The summed E-state index contributed by atoms with van der Waals surface area (Å²) < 4.78 is 11.2. The van der Waals surface area contributed by atoms with Gasteiger partial charge >= 0.3 is 6.09 Å². The van der Waals surface area contributed by atoms with E-state index in [1.54, 1.807) is 4.90 Å². The van der Waals surface area contributed by atoms with E-state index < -0.39 is 11.7 Å². The van der Waals surface area contributed by atoms with Crippen molar-refractivity contribution in [2.75, 3.05) is 13.2 Å². The molecule has 0 radical (unpaired) electrons. The van der Waals surface area contributed by atoms with Crippen molar-refractivity contribution in [2.24, 2.45) is 5.11 Å². The molecule has 0 spiro atoms. The Kier molecular flexibility index (Phi) is 6.06. The molecule has 0 aromatic heterocycles. The summed E-state index contributed by atoms with van der Waals surface area (Å²) in [5, 5.41) is 3.74. The van der Waals surface area contributed by atoms with Crippen molar-refractivity contribution in [2.45, 2.75) is 51.5 Å². The summed E-state index contributed by atoms with van der Waals surface area (Å²) >= 11 is 0. The number of azide groups is 1. The van der Waals surface area contributed by atoms with E-state index in [0.29, 0.717) is 26.2 Å². The number of nitrogens with zero attached hydrogens (tertiary/aromatic N) is 4. The normalized spacial score (nSPS) is 20.5. The summed E-state index contributed by atoms with van der Waals surface area (Å²) in [6.45, 7) is 6.70. The summed E-state index contributed by atoms with van der Waals surface area (Å²) in [6.07, 6.45) is 0.185. The van der Waals surface area contributed by atoms with Gasteiger partial charge in [0.15, 0.2) is 0 Å². The van der Waals surface area contributed by atoms with Crippen LogP contribution >= 0.6 is 0 Å². The topological polar surface area (TPSA) is 87.5 Å². The molecule has 0 aliphatic carbocycles. The van der Waals surface area contributed by atoms with Crippen molar-refractivity contribution in [1.29, 1.82) is 0 Å². The zero-order chi connectivity index (χ0) is 17.6. The Balaban J connectivity index is 1.95. The minimum atomic E-state index is -0.566. The number of amides is 1. The molecule has 2 atom stereocenters. The molecular formula is C17H24N4O3. The molecule has 0 saturated carbocycles. The third-order valence-electron chi connectivity index (χ3n) is 3.66. The van der Waals surface area contributed by atoms with Crippen LogP contribution in [-0.4, -0.2) is 41.8 Å². The highest BCUT2D eigenvalue weighted by atomic mass is 16.6. The summed E-state index contributed by atoms with van der Waals surface area (Å²) in [6, 6.07) is 9.45. The predicted molar refractivity (Wildman–Crippen MR) is 90.4 cm³/mol. The van der Waals surface area contributed by atoms with Crippen molar-refractivity contribution < 1.29 is 14.3 Å². The van der Waals surface area contributed by atoms with Crippen LogP contribution in [-0.2, 0) is 16.1 Å². The molecule has 2 rings (SSSR count). The number of ether oxygens (including phenoxy) is 2. The first-order chi connectivity index (χ1) is 11.4. The lowest BCUT2D eigenvalue weighted by Crippen LogP contribution is -2.41. The van der Waals surface area contributed by atoms with Gasteiger partial charge in [-0.3, -0.25) is 0 Å². The van der Waals surface area contributed by atoms with Crippen LogP contribution in [0.2, 0.25) is 0 Å². The van der Waals surface area contributed by atoms with Gasteiger partial charge in [-0.25, -0.2) is 4.79 Å². The molecule has 24 heavy (non-hydrogen) atoms. The number of likely N-dealkylation sites (tertiary alicyclic amines) is 1. The second-order valence-electron chi connectivity index (χ2n) is 6.88. The molecule has 1 aromatic rings. The third-order valence-corrected chi connectivity index (χ3v) is 3.66. The lowest BCUT2D eigenvalue weighted by molar-refractivity contribution is 0.00876. The first kappa shape index (κ1) is 18.1. The fourth-order valence-electron chi connectivity index (χ4n) is 2.64. The SMILES string of the molecule is CC(C)(C)OC(=O)N1C[C@H](N=[N+]=[N-])C[C@H]1COCc1ccccc1. The van der Waals surface area contributed by atoms with E-state index >= 15 is 0 Å². The van der Waals surface area contributed by atoms with E-state index in [4.69, 9.17) is 15.0 Å². The van der Waals surface area contributed by atoms with Crippen molar-refractivity contribution in [3.8, 4) is 0 Å². The molecule has 1 saturated heterocycles. The Hall–Kier alpha value is -2.24. The molecule has 0 unspecified atom stereocenters. The molecular weight excluding hydrogens is 308 g/mol. The highest BCUT2D eigenvalue weighted by Gasteiger charge is 2.37. The van der Waals surface area contributed by atoms with Gasteiger partial charge in [0.25, 0.3) is 0 Å². The molecule has 1 heterocycles. The molecule has 7 heteroatoms. The Morgan fingerprint density at radius 1 is 1.38 bits per heavy atom. The Morgan fingerprint density at radius 2 is 2.08 bits per heavy atom.